The first-order valence-electron chi connectivity index (χ1n) is 8.16. The summed E-state index contributed by atoms with van der Waals surface area (Å²) < 4.78 is 5.59. The first-order chi connectivity index (χ1) is 12.5. The molecule has 5 heteroatoms. The molecule has 0 saturated heterocycles. The van der Waals surface area contributed by atoms with Crippen LogP contribution in [0.5, 0.6) is 5.75 Å². The fourth-order valence-electron chi connectivity index (χ4n) is 2.92. The molecule has 0 saturated carbocycles. The zero-order valence-electron chi connectivity index (χ0n) is 14.5. The summed E-state index contributed by atoms with van der Waals surface area (Å²) in [6.07, 6.45) is 0.747. The molecule has 0 aliphatic rings. The van der Waals surface area contributed by atoms with Crippen molar-refractivity contribution in [2.45, 2.75) is 13.8 Å². The second-order valence-electron chi connectivity index (χ2n) is 6.09. The van der Waals surface area contributed by atoms with Crippen LogP contribution in [-0.4, -0.2) is 18.8 Å². The average Bonchev–Trinajstić information content (AvgIpc) is 2.62. The lowest BCUT2D eigenvalue weighted by atomic mass is 10.0. The van der Waals surface area contributed by atoms with Gasteiger partial charge < -0.3 is 10.1 Å². The van der Waals surface area contributed by atoms with E-state index in [9.17, 15) is 9.59 Å². The van der Waals surface area contributed by atoms with E-state index >= 15 is 0 Å². The maximum Gasteiger partial charge on any atom is 0.262 e. The summed E-state index contributed by atoms with van der Waals surface area (Å²) in [7, 11) is 0. The van der Waals surface area contributed by atoms with Crippen molar-refractivity contribution in [1.29, 1.82) is 0 Å². The number of hydrogen-bond acceptors (Lipinski definition) is 3. The molecular formula is C21H18ClNO3. The van der Waals surface area contributed by atoms with Crippen LogP contribution in [0.25, 0.3) is 10.8 Å². The van der Waals surface area contributed by atoms with Crippen LogP contribution in [0, 0.1) is 13.8 Å². The number of rotatable bonds is 5. The molecule has 0 aliphatic carbocycles. The van der Waals surface area contributed by atoms with Gasteiger partial charge in [-0.05, 0) is 47.9 Å². The van der Waals surface area contributed by atoms with Gasteiger partial charge in [0.2, 0.25) is 0 Å². The number of aryl methyl sites for hydroxylation is 2. The van der Waals surface area contributed by atoms with Crippen LogP contribution >= 0.6 is 11.6 Å². The van der Waals surface area contributed by atoms with E-state index in [1.165, 1.54) is 0 Å². The molecule has 26 heavy (non-hydrogen) atoms. The molecule has 3 aromatic rings. The number of fused-ring (bicyclic) bond motifs is 1. The number of carbonyl (C=O) groups is 2. The Morgan fingerprint density at radius 3 is 2.65 bits per heavy atom. The molecule has 0 heterocycles. The number of ether oxygens (including phenoxy) is 1. The predicted octanol–water partition coefficient (Wildman–Crippen LogP) is 4.94. The quantitative estimate of drug-likeness (QED) is 0.650. The fraction of sp³-hybridized carbons (Fsp3) is 0.143. The van der Waals surface area contributed by atoms with Crippen molar-refractivity contribution in [2.24, 2.45) is 0 Å². The zero-order valence-corrected chi connectivity index (χ0v) is 15.3. The lowest BCUT2D eigenvalue weighted by Crippen LogP contribution is -2.21. The molecule has 4 nitrogen and oxygen atoms in total. The Hall–Kier alpha value is -2.85. The molecule has 1 N–H and O–H groups in total. The lowest BCUT2D eigenvalue weighted by Gasteiger charge is -2.13. The summed E-state index contributed by atoms with van der Waals surface area (Å²) in [5, 5.41) is 4.98. The highest BCUT2D eigenvalue weighted by Crippen LogP contribution is 2.28. The minimum Gasteiger partial charge on any atom is -0.483 e. The van der Waals surface area contributed by atoms with Crippen molar-refractivity contribution in [3.8, 4) is 5.75 Å². The van der Waals surface area contributed by atoms with E-state index in [0.29, 0.717) is 22.0 Å². The number of amides is 1. The Kier molecular flexibility index (Phi) is 5.24. The van der Waals surface area contributed by atoms with Crippen molar-refractivity contribution in [3.63, 3.8) is 0 Å². The van der Waals surface area contributed by atoms with Crippen LogP contribution in [0.2, 0.25) is 5.02 Å². The molecule has 0 bridgehead atoms. The summed E-state index contributed by atoms with van der Waals surface area (Å²) in [6.45, 7) is 3.60. The number of hydrogen-bond donors (Lipinski definition) is 1. The Bertz CT molecular complexity index is 975. The average molecular weight is 368 g/mol. The fourth-order valence-corrected chi connectivity index (χ4v) is 3.28. The van der Waals surface area contributed by atoms with Crippen LogP contribution in [-0.2, 0) is 4.79 Å². The molecule has 0 unspecified atom stereocenters. The third-order valence-corrected chi connectivity index (χ3v) is 4.40. The number of aldehydes is 1. The van der Waals surface area contributed by atoms with Gasteiger partial charge in [0.15, 0.2) is 12.9 Å². The van der Waals surface area contributed by atoms with Crippen molar-refractivity contribution >= 4 is 40.3 Å². The highest BCUT2D eigenvalue weighted by molar-refractivity contribution is 6.34. The molecule has 0 fully saturated rings. The lowest BCUT2D eigenvalue weighted by molar-refractivity contribution is -0.118. The van der Waals surface area contributed by atoms with Gasteiger partial charge >= 0.3 is 0 Å². The van der Waals surface area contributed by atoms with Crippen LogP contribution in [0.4, 0.5) is 5.69 Å². The van der Waals surface area contributed by atoms with Crippen LogP contribution in [0.3, 0.4) is 0 Å². The molecule has 0 atom stereocenters. The van der Waals surface area contributed by atoms with Gasteiger partial charge in [0.25, 0.3) is 5.91 Å². The van der Waals surface area contributed by atoms with Crippen LogP contribution in [0.1, 0.15) is 21.5 Å². The number of anilines is 1. The van der Waals surface area contributed by atoms with E-state index in [1.54, 1.807) is 12.1 Å². The Morgan fingerprint density at radius 1 is 1.15 bits per heavy atom. The van der Waals surface area contributed by atoms with Gasteiger partial charge in [-0.3, -0.25) is 9.59 Å². The molecule has 132 valence electrons. The van der Waals surface area contributed by atoms with Crippen molar-refractivity contribution < 1.29 is 14.3 Å². The van der Waals surface area contributed by atoms with Gasteiger partial charge in [-0.2, -0.15) is 0 Å². The standard InChI is InChI=1S/C21H18ClNO3/c1-13-9-14(2)21(18(22)10-13)23-20(25)12-26-19-8-7-15-5-3-4-6-16(15)17(19)11-24/h3-11H,12H2,1-2H3,(H,23,25). The van der Waals surface area contributed by atoms with E-state index in [1.807, 2.05) is 50.2 Å². The van der Waals surface area contributed by atoms with Gasteiger partial charge in [-0.25, -0.2) is 0 Å². The largest absolute Gasteiger partial charge is 0.483 e. The zero-order chi connectivity index (χ0) is 18.7. The normalized spacial score (nSPS) is 10.6. The first kappa shape index (κ1) is 18.0. The molecule has 0 radical (unpaired) electrons. The van der Waals surface area contributed by atoms with Gasteiger partial charge in [-0.1, -0.05) is 48.0 Å². The first-order valence-corrected chi connectivity index (χ1v) is 8.53. The van der Waals surface area contributed by atoms with Gasteiger partial charge in [0.1, 0.15) is 5.75 Å². The van der Waals surface area contributed by atoms with E-state index in [0.717, 1.165) is 28.2 Å². The molecule has 0 aromatic heterocycles. The minimum absolute atomic E-state index is 0.219. The highest BCUT2D eigenvalue weighted by Gasteiger charge is 2.12. The monoisotopic (exact) mass is 367 g/mol. The van der Waals surface area contributed by atoms with E-state index in [2.05, 4.69) is 5.32 Å². The Labute approximate surface area is 156 Å². The van der Waals surface area contributed by atoms with Gasteiger partial charge in [0.05, 0.1) is 16.3 Å². The molecule has 0 spiro atoms. The number of halogens is 1. The Morgan fingerprint density at radius 2 is 1.92 bits per heavy atom. The maximum atomic E-state index is 12.3. The second-order valence-corrected chi connectivity index (χ2v) is 6.50. The van der Waals surface area contributed by atoms with Crippen LogP contribution in [0.15, 0.2) is 48.5 Å². The summed E-state index contributed by atoms with van der Waals surface area (Å²) in [6, 6.07) is 14.8. The smallest absolute Gasteiger partial charge is 0.262 e. The van der Waals surface area contributed by atoms with Crippen molar-refractivity contribution in [3.05, 3.63) is 70.2 Å². The summed E-state index contributed by atoms with van der Waals surface area (Å²) in [5.41, 5.74) is 2.90. The SMILES string of the molecule is Cc1cc(C)c(NC(=O)COc2ccc3ccccc3c2C=O)c(Cl)c1. The van der Waals surface area contributed by atoms with Crippen molar-refractivity contribution in [1.82, 2.24) is 0 Å². The molecule has 1 amide bonds. The highest BCUT2D eigenvalue weighted by atomic mass is 35.5. The van der Waals surface area contributed by atoms with E-state index in [-0.39, 0.29) is 12.5 Å². The number of carbonyl (C=O) groups excluding carboxylic acids is 2. The maximum absolute atomic E-state index is 12.3. The number of benzene rings is 3. The Balaban J connectivity index is 1.76. The minimum atomic E-state index is -0.344. The summed E-state index contributed by atoms with van der Waals surface area (Å²) >= 11 is 6.21. The summed E-state index contributed by atoms with van der Waals surface area (Å²) in [5.74, 6) is 0.0319. The molecule has 3 rings (SSSR count). The molecule has 3 aromatic carbocycles. The molecular weight excluding hydrogens is 350 g/mol. The molecule has 0 aliphatic heterocycles. The van der Waals surface area contributed by atoms with Crippen LogP contribution < -0.4 is 10.1 Å². The third kappa shape index (κ3) is 3.70. The third-order valence-electron chi connectivity index (χ3n) is 4.10. The van der Waals surface area contributed by atoms with Gasteiger partial charge in [-0.15, -0.1) is 0 Å². The summed E-state index contributed by atoms with van der Waals surface area (Å²) in [4.78, 5) is 23.8. The predicted molar refractivity (Wildman–Crippen MR) is 104 cm³/mol. The second kappa shape index (κ2) is 7.58. The van der Waals surface area contributed by atoms with Crippen molar-refractivity contribution in [2.75, 3.05) is 11.9 Å². The number of nitrogens with one attached hydrogen (secondary N) is 1. The topological polar surface area (TPSA) is 55.4 Å². The van der Waals surface area contributed by atoms with Gasteiger partial charge in [0, 0.05) is 0 Å². The van der Waals surface area contributed by atoms with E-state index in [4.69, 9.17) is 16.3 Å². The van der Waals surface area contributed by atoms with E-state index < -0.39 is 0 Å².